The second-order valence-corrected chi connectivity index (χ2v) is 5.49. The highest BCUT2D eigenvalue weighted by molar-refractivity contribution is 9.10. The van der Waals surface area contributed by atoms with Crippen LogP contribution in [0.3, 0.4) is 0 Å². The van der Waals surface area contributed by atoms with E-state index in [2.05, 4.69) is 25.9 Å². The van der Waals surface area contributed by atoms with Crippen molar-refractivity contribution < 1.29 is 13.9 Å². The van der Waals surface area contributed by atoms with Gasteiger partial charge in [0.2, 0.25) is 5.69 Å². The zero-order valence-electron chi connectivity index (χ0n) is 11.4. The van der Waals surface area contributed by atoms with Gasteiger partial charge < -0.3 is 14.1 Å². The molecule has 0 saturated carbocycles. The lowest BCUT2D eigenvalue weighted by Crippen LogP contribution is -2.30. The predicted octanol–water partition coefficient (Wildman–Crippen LogP) is 2.00. The molecule has 0 radical (unpaired) electrons. The van der Waals surface area contributed by atoms with Crippen LogP contribution in [0.15, 0.2) is 33.6 Å². The van der Waals surface area contributed by atoms with Crippen molar-refractivity contribution in [3.05, 3.63) is 40.7 Å². The molecule has 1 atom stereocenters. The Labute approximate surface area is 134 Å². The SMILES string of the molecule is N#Cc1nccnc1O[C@@H]1CCN(C(=O)c2ccc(Br)o2)C1. The Kier molecular flexibility index (Phi) is 4.06. The Hall–Kier alpha value is -2.40. The summed E-state index contributed by atoms with van der Waals surface area (Å²) in [5.74, 6) is 0.297. The summed E-state index contributed by atoms with van der Waals surface area (Å²) < 4.78 is 11.5. The number of ether oxygens (including phenoxy) is 1. The molecular formula is C14H11BrN4O3. The monoisotopic (exact) mass is 362 g/mol. The van der Waals surface area contributed by atoms with Crippen LogP contribution >= 0.6 is 15.9 Å². The van der Waals surface area contributed by atoms with Crippen LogP contribution in [0.4, 0.5) is 0 Å². The topological polar surface area (TPSA) is 92.2 Å². The normalized spacial score (nSPS) is 17.3. The zero-order valence-corrected chi connectivity index (χ0v) is 13.0. The highest BCUT2D eigenvalue weighted by Crippen LogP contribution is 2.21. The summed E-state index contributed by atoms with van der Waals surface area (Å²) in [4.78, 5) is 21.8. The van der Waals surface area contributed by atoms with Crippen molar-refractivity contribution in [3.8, 4) is 11.9 Å². The van der Waals surface area contributed by atoms with Gasteiger partial charge >= 0.3 is 0 Å². The molecule has 8 heteroatoms. The van der Waals surface area contributed by atoms with Crippen molar-refractivity contribution >= 4 is 21.8 Å². The van der Waals surface area contributed by atoms with Crippen LogP contribution < -0.4 is 4.74 Å². The fraction of sp³-hybridized carbons (Fsp3) is 0.286. The number of likely N-dealkylation sites (tertiary alicyclic amines) is 1. The Morgan fingerprint density at radius 1 is 1.45 bits per heavy atom. The maximum Gasteiger partial charge on any atom is 0.289 e. The molecule has 2 aromatic heterocycles. The van der Waals surface area contributed by atoms with Gasteiger partial charge in [0.25, 0.3) is 11.8 Å². The molecule has 0 bridgehead atoms. The molecule has 0 spiro atoms. The van der Waals surface area contributed by atoms with Crippen LogP contribution in [0.5, 0.6) is 5.88 Å². The molecule has 3 heterocycles. The van der Waals surface area contributed by atoms with Gasteiger partial charge in [-0.1, -0.05) is 0 Å². The molecule has 7 nitrogen and oxygen atoms in total. The summed E-state index contributed by atoms with van der Waals surface area (Å²) in [6.07, 6.45) is 3.35. The minimum absolute atomic E-state index is 0.141. The summed E-state index contributed by atoms with van der Waals surface area (Å²) in [6.45, 7) is 0.975. The third kappa shape index (κ3) is 2.94. The van der Waals surface area contributed by atoms with Crippen LogP contribution in [0.25, 0.3) is 0 Å². The van der Waals surface area contributed by atoms with E-state index in [0.29, 0.717) is 24.2 Å². The maximum atomic E-state index is 12.3. The molecule has 0 N–H and O–H groups in total. The van der Waals surface area contributed by atoms with Gasteiger partial charge in [-0.2, -0.15) is 5.26 Å². The van der Waals surface area contributed by atoms with Crippen molar-refractivity contribution in [2.45, 2.75) is 12.5 Å². The first-order valence-corrected chi connectivity index (χ1v) is 7.39. The lowest BCUT2D eigenvalue weighted by Gasteiger charge is -2.15. The van der Waals surface area contributed by atoms with Crippen LogP contribution in [-0.2, 0) is 0 Å². The average molecular weight is 363 g/mol. The lowest BCUT2D eigenvalue weighted by molar-refractivity contribution is 0.0738. The number of hydrogen-bond donors (Lipinski definition) is 0. The highest BCUT2D eigenvalue weighted by Gasteiger charge is 2.30. The molecule has 0 aromatic carbocycles. The molecule has 1 amide bonds. The molecule has 1 saturated heterocycles. The number of amides is 1. The number of nitrogens with zero attached hydrogens (tertiary/aromatic N) is 4. The van der Waals surface area contributed by atoms with Gasteiger partial charge in [-0.15, -0.1) is 0 Å². The number of hydrogen-bond acceptors (Lipinski definition) is 6. The standard InChI is InChI=1S/C14H11BrN4O3/c15-12-2-1-11(22-12)14(20)19-6-3-9(8-19)21-13-10(7-16)17-4-5-18-13/h1-2,4-5,9H,3,6,8H2/t9-/m1/s1. The number of rotatable bonds is 3. The second kappa shape index (κ2) is 6.15. The molecule has 22 heavy (non-hydrogen) atoms. The summed E-state index contributed by atoms with van der Waals surface area (Å²) in [5, 5.41) is 8.97. The molecule has 1 aliphatic heterocycles. The van der Waals surface area contributed by atoms with Gasteiger partial charge in [-0.3, -0.25) is 4.79 Å². The number of carbonyl (C=O) groups excluding carboxylic acids is 1. The van der Waals surface area contributed by atoms with Crippen LogP contribution in [-0.4, -0.2) is 40.0 Å². The van der Waals surface area contributed by atoms with E-state index >= 15 is 0 Å². The van der Waals surface area contributed by atoms with Gasteiger partial charge in [0.15, 0.2) is 10.4 Å². The molecule has 0 unspecified atom stereocenters. The number of nitriles is 1. The first-order valence-electron chi connectivity index (χ1n) is 6.59. The minimum atomic E-state index is -0.217. The van der Waals surface area contributed by atoms with Crippen LogP contribution in [0, 0.1) is 11.3 Å². The van der Waals surface area contributed by atoms with Crippen molar-refractivity contribution in [1.82, 2.24) is 14.9 Å². The average Bonchev–Trinajstić information content (AvgIpc) is 3.16. The first-order chi connectivity index (χ1) is 10.7. The van der Waals surface area contributed by atoms with E-state index in [0.717, 1.165) is 0 Å². The Morgan fingerprint density at radius 2 is 2.27 bits per heavy atom. The van der Waals surface area contributed by atoms with E-state index in [9.17, 15) is 4.79 Å². The number of furan rings is 1. The van der Waals surface area contributed by atoms with E-state index in [4.69, 9.17) is 14.4 Å². The number of halogens is 1. The van der Waals surface area contributed by atoms with Crippen molar-refractivity contribution in [2.75, 3.05) is 13.1 Å². The molecule has 3 rings (SSSR count). The van der Waals surface area contributed by atoms with Gasteiger partial charge in [0, 0.05) is 25.4 Å². The van der Waals surface area contributed by atoms with Crippen molar-refractivity contribution in [3.63, 3.8) is 0 Å². The van der Waals surface area contributed by atoms with Crippen molar-refractivity contribution in [2.24, 2.45) is 0 Å². The zero-order chi connectivity index (χ0) is 15.5. The van der Waals surface area contributed by atoms with Crippen LogP contribution in [0.1, 0.15) is 22.7 Å². The molecule has 1 aliphatic rings. The Morgan fingerprint density at radius 3 is 3.00 bits per heavy atom. The van der Waals surface area contributed by atoms with Gasteiger partial charge in [0.1, 0.15) is 12.2 Å². The van der Waals surface area contributed by atoms with Gasteiger partial charge in [-0.25, -0.2) is 9.97 Å². The molecule has 1 fully saturated rings. The number of aromatic nitrogens is 2. The van der Waals surface area contributed by atoms with Gasteiger partial charge in [0.05, 0.1) is 6.54 Å². The summed E-state index contributed by atoms with van der Waals surface area (Å²) in [7, 11) is 0. The molecular weight excluding hydrogens is 352 g/mol. The van der Waals surface area contributed by atoms with Crippen molar-refractivity contribution in [1.29, 1.82) is 5.26 Å². The fourth-order valence-electron chi connectivity index (χ4n) is 2.24. The largest absolute Gasteiger partial charge is 0.470 e. The van der Waals surface area contributed by atoms with E-state index in [1.165, 1.54) is 12.4 Å². The highest BCUT2D eigenvalue weighted by atomic mass is 79.9. The second-order valence-electron chi connectivity index (χ2n) is 4.71. The Balaban J connectivity index is 1.65. The summed E-state index contributed by atoms with van der Waals surface area (Å²) >= 11 is 3.17. The third-order valence-corrected chi connectivity index (χ3v) is 3.69. The minimum Gasteiger partial charge on any atom is -0.470 e. The molecule has 0 aliphatic carbocycles. The van der Waals surface area contributed by atoms with E-state index < -0.39 is 0 Å². The van der Waals surface area contributed by atoms with E-state index in [-0.39, 0.29) is 29.3 Å². The van der Waals surface area contributed by atoms with Crippen LogP contribution in [0.2, 0.25) is 0 Å². The van der Waals surface area contributed by atoms with Gasteiger partial charge in [-0.05, 0) is 28.1 Å². The molecule has 112 valence electrons. The summed E-state index contributed by atoms with van der Waals surface area (Å²) in [6, 6.07) is 5.23. The fourth-order valence-corrected chi connectivity index (χ4v) is 2.55. The van der Waals surface area contributed by atoms with E-state index in [1.807, 2.05) is 6.07 Å². The maximum absolute atomic E-state index is 12.3. The number of carbonyl (C=O) groups is 1. The lowest BCUT2D eigenvalue weighted by atomic mass is 10.3. The van der Waals surface area contributed by atoms with E-state index in [1.54, 1.807) is 17.0 Å². The quantitative estimate of drug-likeness (QED) is 0.828. The Bertz CT molecular complexity index is 740. The first kappa shape index (κ1) is 14.5. The third-order valence-electron chi connectivity index (χ3n) is 3.27. The smallest absolute Gasteiger partial charge is 0.289 e. The predicted molar refractivity (Wildman–Crippen MR) is 78.1 cm³/mol. The molecule has 2 aromatic rings. The summed E-state index contributed by atoms with van der Waals surface area (Å²) in [5.41, 5.74) is 0.141.